The van der Waals surface area contributed by atoms with Gasteiger partial charge in [0.2, 0.25) is 5.79 Å². The zero-order chi connectivity index (χ0) is 41.8. The lowest BCUT2D eigenvalue weighted by Crippen LogP contribution is -2.70. The first kappa shape index (κ1) is 43.3. The molecule has 3 N–H and O–H groups in total. The van der Waals surface area contributed by atoms with Crippen molar-refractivity contribution in [2.45, 2.75) is 82.8 Å². The molecule has 2 amide bonds. The van der Waals surface area contributed by atoms with Crippen molar-refractivity contribution < 1.29 is 48.0 Å². The summed E-state index contributed by atoms with van der Waals surface area (Å²) in [7, 11) is 1.31. The lowest BCUT2D eigenvalue weighted by atomic mass is 9.55. The number of hydrogen-bond donors (Lipinski definition) is 3. The van der Waals surface area contributed by atoms with Crippen LogP contribution in [-0.4, -0.2) is 78.3 Å². The van der Waals surface area contributed by atoms with Crippen LogP contribution in [0.1, 0.15) is 74.5 Å². The van der Waals surface area contributed by atoms with Crippen LogP contribution in [0.4, 0.5) is 14.0 Å². The van der Waals surface area contributed by atoms with Crippen LogP contribution in [0.3, 0.4) is 0 Å². The van der Waals surface area contributed by atoms with E-state index in [0.717, 1.165) is 42.4 Å². The van der Waals surface area contributed by atoms with Crippen LogP contribution in [0.5, 0.6) is 11.5 Å². The molecule has 12 nitrogen and oxygen atoms in total. The predicted molar refractivity (Wildman–Crippen MR) is 220 cm³/mol. The van der Waals surface area contributed by atoms with Gasteiger partial charge in [-0.05, 0) is 91.5 Å². The van der Waals surface area contributed by atoms with E-state index in [9.17, 15) is 24.2 Å². The summed E-state index contributed by atoms with van der Waals surface area (Å²) < 4.78 is 39.5. The molecule has 3 aromatic carbocycles. The molecule has 3 aromatic rings. The number of carbonyl (C=O) groups excluding carboxylic acids is 2. The lowest BCUT2D eigenvalue weighted by Gasteiger charge is -2.59. The second-order valence-corrected chi connectivity index (χ2v) is 15.2. The fourth-order valence-corrected chi connectivity index (χ4v) is 8.96. The number of rotatable bonds is 19. The number of aliphatic hydroxyl groups excluding tert-OH is 2. The maximum absolute atomic E-state index is 14.2. The van der Waals surface area contributed by atoms with Crippen LogP contribution in [0, 0.1) is 23.6 Å². The predicted octanol–water partition coefficient (Wildman–Crippen LogP) is 8.04. The maximum atomic E-state index is 14.2. The summed E-state index contributed by atoms with van der Waals surface area (Å²) in [4.78, 5) is 34.5. The van der Waals surface area contributed by atoms with Crippen molar-refractivity contribution >= 4 is 17.9 Å². The number of hydrogen-bond acceptors (Lipinski definition) is 10. The number of nitrogens with one attached hydrogen (secondary N) is 1. The topological polar surface area (TPSA) is 148 Å². The Morgan fingerprint density at radius 1 is 1.02 bits per heavy atom. The molecule has 6 rings (SSSR count). The highest BCUT2D eigenvalue weighted by atomic mass is 19.1. The summed E-state index contributed by atoms with van der Waals surface area (Å²) >= 11 is 0. The van der Waals surface area contributed by atoms with Crippen molar-refractivity contribution in [1.82, 2.24) is 10.2 Å². The molecule has 1 aliphatic heterocycles. The Hall–Kier alpha value is -5.24. The van der Waals surface area contributed by atoms with Gasteiger partial charge in [0, 0.05) is 44.2 Å². The van der Waals surface area contributed by atoms with E-state index < -0.39 is 35.8 Å². The summed E-state index contributed by atoms with van der Waals surface area (Å²) in [6.45, 7) is 6.59. The second kappa shape index (κ2) is 20.6. The van der Waals surface area contributed by atoms with Gasteiger partial charge in [0.25, 0.3) is 0 Å². The fraction of sp³-hybridized carbons (Fsp3) is 0.457. The van der Waals surface area contributed by atoms with Gasteiger partial charge in [0.05, 0.1) is 25.3 Å². The molecule has 0 spiro atoms. The minimum atomic E-state index is -1.54. The third kappa shape index (κ3) is 9.97. The van der Waals surface area contributed by atoms with E-state index in [1.54, 1.807) is 35.2 Å². The number of methoxy groups -OCH3 is 1. The molecule has 1 heterocycles. The van der Waals surface area contributed by atoms with E-state index in [1.807, 2.05) is 43.3 Å². The zero-order valence-electron chi connectivity index (χ0n) is 33.9. The van der Waals surface area contributed by atoms with Crippen molar-refractivity contribution in [3.8, 4) is 11.5 Å². The summed E-state index contributed by atoms with van der Waals surface area (Å²) in [6, 6.07) is 20.1. The Labute approximate surface area is 345 Å². The van der Waals surface area contributed by atoms with E-state index in [1.165, 1.54) is 19.2 Å². The van der Waals surface area contributed by atoms with Crippen molar-refractivity contribution in [1.29, 1.82) is 0 Å². The molecule has 0 aromatic heterocycles. The third-order valence-electron chi connectivity index (χ3n) is 11.5. The van der Waals surface area contributed by atoms with Gasteiger partial charge in [-0.3, -0.25) is 4.90 Å². The first-order valence-electron chi connectivity index (χ1n) is 20.6. The Morgan fingerprint density at radius 3 is 2.46 bits per heavy atom. The number of oxime groups is 1. The first-order valence-corrected chi connectivity index (χ1v) is 20.6. The Kier molecular flexibility index (Phi) is 15.2. The molecule has 1 saturated carbocycles. The normalized spacial score (nSPS) is 23.5. The van der Waals surface area contributed by atoms with E-state index in [4.69, 9.17) is 28.9 Å². The van der Waals surface area contributed by atoms with Crippen LogP contribution in [0.25, 0.3) is 0 Å². The lowest BCUT2D eigenvalue weighted by molar-refractivity contribution is -0.256. The summed E-state index contributed by atoms with van der Waals surface area (Å²) in [5.41, 5.74) is 3.84. The van der Waals surface area contributed by atoms with Crippen LogP contribution in [0.15, 0.2) is 102 Å². The van der Waals surface area contributed by atoms with Crippen molar-refractivity contribution in [2.75, 3.05) is 33.5 Å². The van der Waals surface area contributed by atoms with Crippen molar-refractivity contribution in [3.63, 3.8) is 0 Å². The van der Waals surface area contributed by atoms with Gasteiger partial charge in [-0.15, -0.1) is 6.58 Å². The minimum Gasteiger partial charge on any atom is -0.459 e. The smallest absolute Gasteiger partial charge is 0.412 e. The van der Waals surface area contributed by atoms with E-state index in [0.29, 0.717) is 42.2 Å². The van der Waals surface area contributed by atoms with Crippen LogP contribution >= 0.6 is 0 Å². The molecular formula is C46H56FN3O9. The molecule has 316 valence electrons. The highest BCUT2D eigenvalue weighted by Crippen LogP contribution is 2.62. The van der Waals surface area contributed by atoms with Gasteiger partial charge < -0.3 is 39.3 Å². The summed E-state index contributed by atoms with van der Waals surface area (Å²) in [5, 5.41) is 27.3. The number of amides is 2. The van der Waals surface area contributed by atoms with Gasteiger partial charge in [-0.25, -0.2) is 14.0 Å². The standard InChI is InChI=1S/C46H56FN3O9/c1-4-25-56-46-41(50(45(54)55-3)29-31-17-19-34(47)20-18-31)28-39(49-57-30-32-13-7-6-8-14-32)37-26-33(15-9-11-23-51)36(16-10-12-24-52)42(43(37)46)38-27-35(21-22-40(38)59-46)58-44(53)48-5-2/h4,6-8,13-14,17-22,26-27,33,36,41-43,51-52H,1,5,9-12,15-16,23-25,28-30H2,2-3H3,(H,48,53). The van der Waals surface area contributed by atoms with Gasteiger partial charge in [-0.2, -0.15) is 0 Å². The largest absolute Gasteiger partial charge is 0.459 e. The Bertz CT molecular complexity index is 1940. The van der Waals surface area contributed by atoms with Gasteiger partial charge in [0.1, 0.15) is 30.0 Å². The summed E-state index contributed by atoms with van der Waals surface area (Å²) in [6.07, 6.45) is 7.04. The molecular weight excluding hydrogens is 758 g/mol. The summed E-state index contributed by atoms with van der Waals surface area (Å²) in [5.74, 6) is -2.10. The fourth-order valence-electron chi connectivity index (χ4n) is 8.96. The number of carbonyl (C=O) groups is 2. The average Bonchev–Trinajstić information content (AvgIpc) is 3.24. The number of ether oxygens (including phenoxy) is 4. The van der Waals surface area contributed by atoms with E-state index >= 15 is 0 Å². The molecule has 0 bridgehead atoms. The molecule has 3 aliphatic rings. The van der Waals surface area contributed by atoms with E-state index in [-0.39, 0.29) is 57.1 Å². The van der Waals surface area contributed by atoms with Crippen molar-refractivity contribution in [2.24, 2.45) is 22.9 Å². The highest BCUT2D eigenvalue weighted by Gasteiger charge is 2.65. The molecule has 13 heteroatoms. The quantitative estimate of drug-likeness (QED) is 0.0622. The first-order chi connectivity index (χ1) is 28.8. The monoisotopic (exact) mass is 813 g/mol. The molecule has 59 heavy (non-hydrogen) atoms. The average molecular weight is 814 g/mol. The third-order valence-corrected chi connectivity index (χ3v) is 11.5. The molecule has 1 fully saturated rings. The number of benzene rings is 3. The van der Waals surface area contributed by atoms with Gasteiger partial charge in [-0.1, -0.05) is 72.6 Å². The maximum Gasteiger partial charge on any atom is 0.412 e. The number of halogens is 1. The zero-order valence-corrected chi connectivity index (χ0v) is 33.9. The SMILES string of the molecule is C=CCOC12Oc3ccc(OC(=O)NCC)cc3C3C(CCCCO)C(CCCCO)C=C(C(=NOCc4ccccc4)CC1N(Cc1ccc(F)cc1)C(=O)OC)C32. The van der Waals surface area contributed by atoms with Crippen LogP contribution in [-0.2, 0) is 27.5 Å². The number of nitrogens with zero attached hydrogens (tertiary/aromatic N) is 2. The molecule has 0 saturated heterocycles. The molecule has 6 atom stereocenters. The van der Waals surface area contributed by atoms with Crippen LogP contribution < -0.4 is 14.8 Å². The molecule has 6 unspecified atom stereocenters. The highest BCUT2D eigenvalue weighted by molar-refractivity contribution is 6.03. The minimum absolute atomic E-state index is 0.000639. The number of fused-ring (bicyclic) bond motifs is 2. The second-order valence-electron chi connectivity index (χ2n) is 15.2. The number of aliphatic hydroxyl groups is 2. The molecule has 2 aliphatic carbocycles. The molecule has 0 radical (unpaired) electrons. The Morgan fingerprint density at radius 2 is 1.76 bits per heavy atom. The van der Waals surface area contributed by atoms with E-state index in [2.05, 4.69) is 18.0 Å². The number of allylic oxidation sites excluding steroid dienone is 1. The number of unbranched alkanes of at least 4 members (excludes halogenated alkanes) is 2. The van der Waals surface area contributed by atoms with Crippen molar-refractivity contribution in [3.05, 3.63) is 120 Å². The van der Waals surface area contributed by atoms with Gasteiger partial charge in [0.15, 0.2) is 0 Å². The van der Waals surface area contributed by atoms with Gasteiger partial charge >= 0.3 is 12.2 Å². The van der Waals surface area contributed by atoms with Crippen LogP contribution in [0.2, 0.25) is 0 Å². The Balaban J connectivity index is 1.59.